The number of nitrogens with two attached hydrogens (primary N) is 1. The lowest BCUT2D eigenvalue weighted by Gasteiger charge is -2.40. The molecule has 1 amide bonds. The fourth-order valence-corrected chi connectivity index (χ4v) is 4.88. The fraction of sp³-hybridized carbons (Fsp3) is 0.400. The highest BCUT2D eigenvalue weighted by Gasteiger charge is 2.29. The number of hydrogen-bond acceptors (Lipinski definition) is 5. The second-order valence-corrected chi connectivity index (χ2v) is 10.5. The van der Waals surface area contributed by atoms with Gasteiger partial charge in [-0.2, -0.15) is 0 Å². The van der Waals surface area contributed by atoms with Crippen molar-refractivity contribution in [3.8, 4) is 5.75 Å². The van der Waals surface area contributed by atoms with E-state index in [2.05, 4.69) is 35.7 Å². The predicted molar refractivity (Wildman–Crippen MR) is 127 cm³/mol. The Balaban J connectivity index is 1.51. The minimum Gasteiger partial charge on any atom is -0.484 e. The molecule has 1 aliphatic heterocycles. The number of sulfonamides is 1. The van der Waals surface area contributed by atoms with Crippen LogP contribution in [0.2, 0.25) is 0 Å². The van der Waals surface area contributed by atoms with Crippen molar-refractivity contribution in [2.75, 3.05) is 26.2 Å². The Morgan fingerprint density at radius 1 is 1.15 bits per heavy atom. The molecule has 0 aromatic heterocycles. The summed E-state index contributed by atoms with van der Waals surface area (Å²) in [5.41, 5.74) is 2.42. The summed E-state index contributed by atoms with van der Waals surface area (Å²) in [6, 6.07) is 14.9. The highest BCUT2D eigenvalue weighted by Crippen LogP contribution is 2.40. The number of carbonyl (C=O) groups excluding carboxylic acids is 1. The molecule has 2 aromatic rings. The largest absolute Gasteiger partial charge is 0.484 e. The summed E-state index contributed by atoms with van der Waals surface area (Å²) >= 11 is 0. The van der Waals surface area contributed by atoms with E-state index in [-0.39, 0.29) is 22.9 Å². The smallest absolute Gasteiger partial charge is 0.246 e. The van der Waals surface area contributed by atoms with Crippen molar-refractivity contribution in [3.05, 3.63) is 72.3 Å². The first kappa shape index (κ1) is 23.5. The number of rotatable bonds is 8. The minimum atomic E-state index is -3.75. The van der Waals surface area contributed by atoms with E-state index >= 15 is 0 Å². The minimum absolute atomic E-state index is 0.0411. The van der Waals surface area contributed by atoms with Gasteiger partial charge >= 0.3 is 0 Å². The number of carbonyl (C=O) groups is 1. The third-order valence-electron chi connectivity index (χ3n) is 6.38. The van der Waals surface area contributed by atoms with E-state index in [4.69, 9.17) is 9.88 Å². The van der Waals surface area contributed by atoms with E-state index in [9.17, 15) is 13.2 Å². The predicted octanol–water partition coefficient (Wildman–Crippen LogP) is 3.05. The zero-order valence-electron chi connectivity index (χ0n) is 18.9. The number of benzene rings is 2. The van der Waals surface area contributed by atoms with Gasteiger partial charge in [-0.05, 0) is 67.2 Å². The van der Waals surface area contributed by atoms with Gasteiger partial charge in [0.2, 0.25) is 15.9 Å². The van der Waals surface area contributed by atoms with Crippen LogP contribution in [-0.4, -0.2) is 56.3 Å². The molecule has 0 spiro atoms. The standard InChI is InChI=1S/C25H31N3O4S/c1-3-25(29)28-15-14-27(16-18(28)2)17-24(21-8-6-20(7-9-21)19-4-5-19)32-22-10-12-23(13-11-22)33(26,30)31/h3,6-13,18-19,24H,1,4-5,14-17H2,2H3,(H2,26,30,31)/t18-,24+/m1/s1. The first-order valence-corrected chi connectivity index (χ1v) is 12.8. The fourth-order valence-electron chi connectivity index (χ4n) is 4.36. The van der Waals surface area contributed by atoms with E-state index in [1.807, 2.05) is 11.8 Å². The summed E-state index contributed by atoms with van der Waals surface area (Å²) in [5, 5.41) is 5.21. The van der Waals surface area contributed by atoms with E-state index in [1.165, 1.54) is 36.6 Å². The molecule has 2 fully saturated rings. The van der Waals surface area contributed by atoms with Crippen LogP contribution in [0, 0.1) is 0 Å². The second-order valence-electron chi connectivity index (χ2n) is 8.91. The third-order valence-corrected chi connectivity index (χ3v) is 7.31. The normalized spacial score (nSPS) is 20.3. The molecule has 2 atom stereocenters. The molecule has 8 heteroatoms. The maximum Gasteiger partial charge on any atom is 0.246 e. The third kappa shape index (κ3) is 5.82. The lowest BCUT2D eigenvalue weighted by molar-refractivity contribution is -0.130. The number of hydrogen-bond donors (Lipinski definition) is 1. The first-order valence-electron chi connectivity index (χ1n) is 11.3. The van der Waals surface area contributed by atoms with Crippen LogP contribution in [0.1, 0.15) is 42.9 Å². The molecule has 2 aromatic carbocycles. The monoisotopic (exact) mass is 469 g/mol. The molecule has 0 bridgehead atoms. The molecule has 176 valence electrons. The van der Waals surface area contributed by atoms with Crippen LogP contribution >= 0.6 is 0 Å². The van der Waals surface area contributed by atoms with Crippen molar-refractivity contribution in [2.24, 2.45) is 5.14 Å². The molecule has 2 N–H and O–H groups in total. The van der Waals surface area contributed by atoms with Gasteiger partial charge in [0.25, 0.3) is 0 Å². The summed E-state index contributed by atoms with van der Waals surface area (Å²) in [5.74, 6) is 1.22. The highest BCUT2D eigenvalue weighted by atomic mass is 32.2. The van der Waals surface area contributed by atoms with Gasteiger partial charge in [0.1, 0.15) is 11.9 Å². The summed E-state index contributed by atoms with van der Waals surface area (Å²) in [4.78, 5) is 16.3. The Kier molecular flexibility index (Phi) is 6.88. The maximum atomic E-state index is 12.1. The SMILES string of the molecule is C=CC(=O)N1CCN(C[C@H](Oc2ccc(S(N)(=O)=O)cc2)c2ccc(C3CC3)cc2)C[C@H]1C. The molecular weight excluding hydrogens is 438 g/mol. The number of amides is 1. The molecule has 33 heavy (non-hydrogen) atoms. The molecule has 2 aliphatic rings. The van der Waals surface area contributed by atoms with Crippen molar-refractivity contribution in [1.29, 1.82) is 0 Å². The highest BCUT2D eigenvalue weighted by molar-refractivity contribution is 7.89. The molecule has 4 rings (SSSR count). The van der Waals surface area contributed by atoms with Crippen molar-refractivity contribution in [2.45, 2.75) is 42.7 Å². The molecule has 0 unspecified atom stereocenters. The number of ether oxygens (including phenoxy) is 1. The van der Waals surface area contributed by atoms with Crippen LogP contribution in [0.4, 0.5) is 0 Å². The number of primary sulfonamides is 1. The topological polar surface area (TPSA) is 92.9 Å². The molecule has 1 aliphatic carbocycles. The van der Waals surface area contributed by atoms with Gasteiger partial charge in [-0.1, -0.05) is 30.8 Å². The van der Waals surface area contributed by atoms with E-state index in [0.717, 1.165) is 18.7 Å². The van der Waals surface area contributed by atoms with E-state index in [0.29, 0.717) is 24.8 Å². The Labute approximate surface area is 195 Å². The average molecular weight is 470 g/mol. The zero-order valence-corrected chi connectivity index (χ0v) is 19.7. The van der Waals surface area contributed by atoms with Crippen molar-refractivity contribution in [3.63, 3.8) is 0 Å². The Morgan fingerprint density at radius 3 is 2.36 bits per heavy atom. The second kappa shape index (κ2) is 9.67. The average Bonchev–Trinajstić information content (AvgIpc) is 3.64. The van der Waals surface area contributed by atoms with Gasteiger partial charge in [0.05, 0.1) is 4.90 Å². The molecule has 1 saturated carbocycles. The van der Waals surface area contributed by atoms with Gasteiger partial charge in [-0.3, -0.25) is 9.69 Å². The Morgan fingerprint density at radius 2 is 1.82 bits per heavy atom. The summed E-state index contributed by atoms with van der Waals surface area (Å²) < 4.78 is 29.5. The van der Waals surface area contributed by atoms with Crippen LogP contribution < -0.4 is 9.88 Å². The summed E-state index contributed by atoms with van der Waals surface area (Å²) in [7, 11) is -3.75. The van der Waals surface area contributed by atoms with E-state index < -0.39 is 10.0 Å². The Hall–Kier alpha value is -2.68. The lowest BCUT2D eigenvalue weighted by Crippen LogP contribution is -2.54. The molecule has 1 saturated heterocycles. The van der Waals surface area contributed by atoms with Gasteiger partial charge in [0.15, 0.2) is 0 Å². The summed E-state index contributed by atoms with van der Waals surface area (Å²) in [6.45, 7) is 8.42. The summed E-state index contributed by atoms with van der Waals surface area (Å²) in [6.07, 6.45) is 3.63. The molecule has 1 heterocycles. The van der Waals surface area contributed by atoms with Gasteiger partial charge in [-0.15, -0.1) is 0 Å². The van der Waals surface area contributed by atoms with Crippen LogP contribution in [0.15, 0.2) is 66.1 Å². The maximum absolute atomic E-state index is 12.1. The quantitative estimate of drug-likeness (QED) is 0.600. The molecule has 0 radical (unpaired) electrons. The van der Waals surface area contributed by atoms with Crippen molar-refractivity contribution < 1.29 is 17.9 Å². The van der Waals surface area contributed by atoms with E-state index in [1.54, 1.807) is 12.1 Å². The number of piperazine rings is 1. The first-order chi connectivity index (χ1) is 15.7. The Bertz CT molecular complexity index is 1100. The lowest BCUT2D eigenvalue weighted by atomic mass is 10.0. The van der Waals surface area contributed by atoms with Gasteiger partial charge in [-0.25, -0.2) is 13.6 Å². The van der Waals surface area contributed by atoms with Gasteiger partial charge in [0, 0.05) is 32.2 Å². The van der Waals surface area contributed by atoms with Crippen molar-refractivity contribution >= 4 is 15.9 Å². The van der Waals surface area contributed by atoms with Crippen LogP contribution in [0.3, 0.4) is 0 Å². The number of nitrogens with zero attached hydrogens (tertiary/aromatic N) is 2. The zero-order chi connectivity index (χ0) is 23.6. The molecular formula is C25H31N3O4S. The van der Waals surface area contributed by atoms with Crippen molar-refractivity contribution in [1.82, 2.24) is 9.80 Å². The van der Waals surface area contributed by atoms with Crippen LogP contribution in [0.25, 0.3) is 0 Å². The molecule has 7 nitrogen and oxygen atoms in total. The van der Waals surface area contributed by atoms with Gasteiger partial charge < -0.3 is 9.64 Å². The van der Waals surface area contributed by atoms with Crippen LogP contribution in [0.5, 0.6) is 5.75 Å². The van der Waals surface area contributed by atoms with Crippen LogP contribution in [-0.2, 0) is 14.8 Å².